The molecular weight excluding hydrogens is 964 g/mol. The number of benzene rings is 1. The average molecular weight is 1040 g/mol. The van der Waals surface area contributed by atoms with E-state index in [1.807, 2.05) is 11.0 Å². The van der Waals surface area contributed by atoms with Crippen molar-refractivity contribution in [1.29, 1.82) is 0 Å². The average Bonchev–Trinajstić information content (AvgIpc) is 3.90. The first-order chi connectivity index (χ1) is 35.5. The van der Waals surface area contributed by atoms with E-state index >= 15 is 0 Å². The van der Waals surface area contributed by atoms with Gasteiger partial charge in [-0.1, -0.05) is 6.07 Å². The Bertz CT molecular complexity index is 2410. The maximum atomic E-state index is 14.1. The van der Waals surface area contributed by atoms with Gasteiger partial charge in [0.25, 0.3) is 0 Å². The number of carbonyl (C=O) groups excluding carboxylic acids is 6. The summed E-state index contributed by atoms with van der Waals surface area (Å²) in [6, 6.07) is 5.65. The van der Waals surface area contributed by atoms with E-state index in [2.05, 4.69) is 67.3 Å². The molecule has 2 saturated heterocycles. The van der Waals surface area contributed by atoms with Crippen LogP contribution in [0.1, 0.15) is 108 Å². The first-order valence-electron chi connectivity index (χ1n) is 26.0. The highest BCUT2D eigenvalue weighted by Crippen LogP contribution is 2.38. The molecule has 0 unspecified atom stereocenters. The predicted octanol–water partition coefficient (Wildman–Crippen LogP) is 4.13. The van der Waals surface area contributed by atoms with Crippen LogP contribution in [0.15, 0.2) is 49.1 Å². The second-order valence-corrected chi connectivity index (χ2v) is 20.3. The summed E-state index contributed by atoms with van der Waals surface area (Å²) in [4.78, 5) is 96.6. The van der Waals surface area contributed by atoms with Crippen molar-refractivity contribution in [2.45, 2.75) is 139 Å². The number of nitrogens with one attached hydrogen (secondary N) is 5. The van der Waals surface area contributed by atoms with E-state index in [9.17, 15) is 41.9 Å². The minimum atomic E-state index is -4.55. The van der Waals surface area contributed by atoms with E-state index in [0.29, 0.717) is 76.5 Å². The number of rotatable bonds is 23. The van der Waals surface area contributed by atoms with Gasteiger partial charge < -0.3 is 50.8 Å². The van der Waals surface area contributed by atoms with E-state index in [1.165, 1.54) is 12.4 Å². The number of hydrogen-bond donors (Lipinski definition) is 5. The summed E-state index contributed by atoms with van der Waals surface area (Å²) in [7, 11) is 3.76. The second kappa shape index (κ2) is 26.0. The van der Waals surface area contributed by atoms with Gasteiger partial charge in [-0.15, -0.1) is 0 Å². The fourth-order valence-electron chi connectivity index (χ4n) is 10.8. The third kappa shape index (κ3) is 14.6. The first kappa shape index (κ1) is 55.7. The van der Waals surface area contributed by atoms with Crippen molar-refractivity contribution in [2.24, 2.45) is 11.8 Å². The lowest BCUT2D eigenvalue weighted by molar-refractivity contribution is -0.137. The number of ether oxygens (including phenoxy) is 2. The van der Waals surface area contributed by atoms with Crippen LogP contribution >= 0.6 is 0 Å². The van der Waals surface area contributed by atoms with Crippen molar-refractivity contribution in [3.63, 3.8) is 0 Å². The molecule has 2 saturated carbocycles. The molecule has 74 heavy (non-hydrogen) atoms. The molecule has 7 rings (SSSR count). The summed E-state index contributed by atoms with van der Waals surface area (Å²) in [6.07, 6.45) is 6.06. The summed E-state index contributed by atoms with van der Waals surface area (Å²) in [5.41, 5.74) is 0.297. The molecule has 4 aliphatic rings. The van der Waals surface area contributed by atoms with Gasteiger partial charge in [-0.25, -0.2) is 9.97 Å². The highest BCUT2D eigenvalue weighted by Gasteiger charge is 2.45. The van der Waals surface area contributed by atoms with Crippen molar-refractivity contribution in [1.82, 2.24) is 50.9 Å². The molecule has 5 N–H and O–H groups in total. The fourth-order valence-corrected chi connectivity index (χ4v) is 10.8. The van der Waals surface area contributed by atoms with Crippen LogP contribution in [0.2, 0.25) is 0 Å². The smallest absolute Gasteiger partial charge is 0.379 e. The number of halogens is 3. The number of anilines is 1. The SMILES string of the molecule is CC(C)N(C)[C@@H]1CC[C@H](N2CC[C@H](Nc3ncnc4ccc(C(F)(F)F)cc34)C2=O)[C@H](NC(=O)[C@H]2CC[C@@H](NC(=O)CCOCCOCCNC(=O)CCCNC(=O)[C@H]3CC(=O)N(C)[C@@H]3c3cccnc3)CC2)C1. The largest absolute Gasteiger partial charge is 0.416 e. The van der Waals surface area contributed by atoms with E-state index < -0.39 is 23.7 Å². The molecule has 4 fully saturated rings. The lowest BCUT2D eigenvalue weighted by Crippen LogP contribution is -2.59. The third-order valence-electron chi connectivity index (χ3n) is 15.1. The number of nitrogens with zero attached hydrogens (tertiary/aromatic N) is 6. The number of carbonyl (C=O) groups is 6. The van der Waals surface area contributed by atoms with Gasteiger partial charge in [-0.05, 0) is 109 Å². The number of hydrogen-bond acceptors (Lipinski definition) is 13. The summed E-state index contributed by atoms with van der Waals surface area (Å²) in [5, 5.41) is 15.4. The molecule has 22 heteroatoms. The number of fused-ring (bicyclic) bond motifs is 1. The number of amides is 6. The van der Waals surface area contributed by atoms with Crippen molar-refractivity contribution in [3.05, 3.63) is 60.2 Å². The zero-order valence-corrected chi connectivity index (χ0v) is 42.8. The molecule has 2 aromatic heterocycles. The Morgan fingerprint density at radius 2 is 1.64 bits per heavy atom. The van der Waals surface area contributed by atoms with Gasteiger partial charge >= 0.3 is 6.18 Å². The molecule has 3 aromatic rings. The van der Waals surface area contributed by atoms with E-state index in [1.54, 1.807) is 30.4 Å². The second-order valence-electron chi connectivity index (χ2n) is 20.3. The molecule has 404 valence electrons. The molecule has 6 atom stereocenters. The quantitative estimate of drug-likeness (QED) is 0.0843. The minimum Gasteiger partial charge on any atom is -0.379 e. The number of aromatic nitrogens is 3. The van der Waals surface area contributed by atoms with Crippen LogP contribution < -0.4 is 26.6 Å². The number of likely N-dealkylation sites (tertiary alicyclic amines) is 2. The normalized spacial score (nSPS) is 24.4. The lowest BCUT2D eigenvalue weighted by atomic mass is 9.82. The molecule has 0 radical (unpaired) electrons. The van der Waals surface area contributed by atoms with E-state index in [-0.39, 0.29) is 135 Å². The van der Waals surface area contributed by atoms with Crippen LogP contribution in [0.25, 0.3) is 10.9 Å². The van der Waals surface area contributed by atoms with Crippen LogP contribution in [0.4, 0.5) is 19.0 Å². The zero-order valence-electron chi connectivity index (χ0n) is 42.8. The standard InChI is InChI=1S/C52H72F3N11O8/c1-32(2)64(3)37-14-16-43(66-22-17-41(51(66)72)62-48-38-27-35(52(53,54)55)11-15-40(38)59-31-60-48)42(28-37)63-49(70)33-9-12-36(13-10-33)61-45(68)18-23-73-25-26-74-24-21-57-44(67)8-6-20-58-50(71)39-29-46(69)65(4)47(39)34-7-5-19-56-30-34/h5,7,11,15,19,27,30-33,36-37,39,41-43,47H,6,8-10,12-14,16-18,20-26,28-29H2,1-4H3,(H,57,67)(H,58,71)(H,61,68)(H,63,70)(H,59,60,62)/t33-,36+,37-,39+,41+,42-,43+,47-/m1/s1. The molecule has 19 nitrogen and oxygen atoms in total. The van der Waals surface area contributed by atoms with Crippen molar-refractivity contribution in [2.75, 3.05) is 65.5 Å². The highest BCUT2D eigenvalue weighted by atomic mass is 19.4. The molecule has 4 heterocycles. The van der Waals surface area contributed by atoms with Gasteiger partial charge in [-0.2, -0.15) is 13.2 Å². The molecule has 2 aliphatic heterocycles. The summed E-state index contributed by atoms with van der Waals surface area (Å²) < 4.78 is 51.9. The van der Waals surface area contributed by atoms with Gasteiger partial charge in [-0.3, -0.25) is 33.8 Å². The van der Waals surface area contributed by atoms with Gasteiger partial charge in [0.15, 0.2) is 0 Å². The van der Waals surface area contributed by atoms with Crippen molar-refractivity contribution >= 4 is 52.2 Å². The number of pyridine rings is 1. The maximum absolute atomic E-state index is 14.1. The van der Waals surface area contributed by atoms with Crippen LogP contribution in [0.5, 0.6) is 0 Å². The Balaban J connectivity index is 0.758. The van der Waals surface area contributed by atoms with Crippen LogP contribution in [0.3, 0.4) is 0 Å². The summed E-state index contributed by atoms with van der Waals surface area (Å²) in [6.45, 7) is 6.35. The third-order valence-corrected chi connectivity index (χ3v) is 15.1. The Labute approximate surface area is 430 Å². The molecule has 2 aliphatic carbocycles. The Morgan fingerprint density at radius 3 is 2.36 bits per heavy atom. The molecule has 1 aromatic carbocycles. The number of alkyl halides is 3. The van der Waals surface area contributed by atoms with Crippen LogP contribution in [-0.4, -0.2) is 162 Å². The highest BCUT2D eigenvalue weighted by molar-refractivity contribution is 5.94. The van der Waals surface area contributed by atoms with Crippen molar-refractivity contribution in [3.8, 4) is 0 Å². The monoisotopic (exact) mass is 1040 g/mol. The lowest BCUT2D eigenvalue weighted by Gasteiger charge is -2.45. The Morgan fingerprint density at radius 1 is 0.865 bits per heavy atom. The minimum absolute atomic E-state index is 0.0627. The fraction of sp³-hybridized carbons (Fsp3) is 0.635. The van der Waals surface area contributed by atoms with Crippen molar-refractivity contribution < 1.29 is 51.4 Å². The first-order valence-corrected chi connectivity index (χ1v) is 26.0. The van der Waals surface area contributed by atoms with E-state index in [0.717, 1.165) is 24.1 Å². The van der Waals surface area contributed by atoms with Crippen LogP contribution in [-0.2, 0) is 44.4 Å². The Kier molecular flexibility index (Phi) is 19.6. The topological polar surface area (TPSA) is 229 Å². The summed E-state index contributed by atoms with van der Waals surface area (Å²) >= 11 is 0. The molecule has 0 bridgehead atoms. The van der Waals surface area contributed by atoms with Gasteiger partial charge in [0.2, 0.25) is 35.4 Å². The van der Waals surface area contributed by atoms with E-state index in [4.69, 9.17) is 9.47 Å². The predicted molar refractivity (Wildman–Crippen MR) is 268 cm³/mol. The van der Waals surface area contributed by atoms with Gasteiger partial charge in [0, 0.05) is 87.8 Å². The zero-order chi connectivity index (χ0) is 52.9. The molecule has 6 amide bonds. The Hall–Kier alpha value is -6.00. The van der Waals surface area contributed by atoms with Gasteiger partial charge in [0.1, 0.15) is 18.2 Å². The van der Waals surface area contributed by atoms with Gasteiger partial charge in [0.05, 0.1) is 61.6 Å². The van der Waals surface area contributed by atoms with Crippen LogP contribution in [0, 0.1) is 11.8 Å². The molecular formula is C52H72F3N11O8. The summed E-state index contributed by atoms with van der Waals surface area (Å²) in [5.74, 6) is -1.50. The maximum Gasteiger partial charge on any atom is 0.416 e. The molecule has 0 spiro atoms.